The van der Waals surface area contributed by atoms with Crippen LogP contribution in [0.3, 0.4) is 0 Å². The fourth-order valence-corrected chi connectivity index (χ4v) is 4.07. The summed E-state index contributed by atoms with van der Waals surface area (Å²) in [6.45, 7) is 4.11. The van der Waals surface area contributed by atoms with Crippen LogP contribution in [0.4, 0.5) is 0 Å². The summed E-state index contributed by atoms with van der Waals surface area (Å²) in [6, 6.07) is 7.41. The number of rotatable bonds is 7. The van der Waals surface area contributed by atoms with Crippen molar-refractivity contribution in [1.82, 2.24) is 13.9 Å². The van der Waals surface area contributed by atoms with E-state index in [1.54, 1.807) is 12.0 Å². The lowest BCUT2D eigenvalue weighted by Gasteiger charge is -2.22. The Labute approximate surface area is 150 Å². The molecule has 140 valence electrons. The van der Waals surface area contributed by atoms with Crippen molar-refractivity contribution in [3.8, 4) is 5.75 Å². The lowest BCUT2D eigenvalue weighted by Crippen LogP contribution is -2.43. The standard InChI is InChI=1S/C17H27N3O4S/c1-3-9-18-25(22,23)20-11-4-10-19(12-13-20)17(21)14-15-5-7-16(24-2)8-6-15/h5-8,18H,3-4,9-14H2,1-2H3. The van der Waals surface area contributed by atoms with Gasteiger partial charge in [-0.25, -0.2) is 4.72 Å². The van der Waals surface area contributed by atoms with Gasteiger partial charge in [-0.1, -0.05) is 19.1 Å². The molecule has 0 aliphatic carbocycles. The minimum Gasteiger partial charge on any atom is -0.497 e. The third kappa shape index (κ3) is 5.69. The van der Waals surface area contributed by atoms with E-state index in [1.807, 2.05) is 31.2 Å². The highest BCUT2D eigenvalue weighted by atomic mass is 32.2. The van der Waals surface area contributed by atoms with Crippen LogP contribution in [-0.4, -0.2) is 63.4 Å². The molecule has 0 spiro atoms. The molecule has 2 rings (SSSR count). The molecule has 0 saturated carbocycles. The van der Waals surface area contributed by atoms with Crippen LogP contribution in [0.25, 0.3) is 0 Å². The molecule has 0 atom stereocenters. The van der Waals surface area contributed by atoms with E-state index < -0.39 is 10.2 Å². The molecule has 1 amide bonds. The predicted molar refractivity (Wildman–Crippen MR) is 96.7 cm³/mol. The van der Waals surface area contributed by atoms with Crippen molar-refractivity contribution >= 4 is 16.1 Å². The van der Waals surface area contributed by atoms with Crippen LogP contribution < -0.4 is 9.46 Å². The molecule has 1 aliphatic heterocycles. The van der Waals surface area contributed by atoms with Crippen LogP contribution >= 0.6 is 0 Å². The highest BCUT2D eigenvalue weighted by Crippen LogP contribution is 2.14. The number of hydrogen-bond donors (Lipinski definition) is 1. The van der Waals surface area contributed by atoms with Crippen LogP contribution in [0.5, 0.6) is 5.75 Å². The largest absolute Gasteiger partial charge is 0.497 e. The molecule has 25 heavy (non-hydrogen) atoms. The summed E-state index contributed by atoms with van der Waals surface area (Å²) in [4.78, 5) is 14.3. The van der Waals surface area contributed by atoms with Crippen molar-refractivity contribution in [3.63, 3.8) is 0 Å². The molecule has 1 heterocycles. The van der Waals surface area contributed by atoms with Crippen LogP contribution in [0.15, 0.2) is 24.3 Å². The minimum atomic E-state index is -3.45. The van der Waals surface area contributed by atoms with Crippen molar-refractivity contribution < 1.29 is 17.9 Å². The number of carbonyl (C=O) groups is 1. The normalized spacial score (nSPS) is 16.5. The zero-order valence-corrected chi connectivity index (χ0v) is 15.7. The van der Waals surface area contributed by atoms with Gasteiger partial charge in [0.15, 0.2) is 0 Å². The van der Waals surface area contributed by atoms with E-state index in [0.29, 0.717) is 45.6 Å². The first-order valence-corrected chi connectivity index (χ1v) is 10.1. The minimum absolute atomic E-state index is 0.0194. The average molecular weight is 369 g/mol. The van der Waals surface area contributed by atoms with Crippen LogP contribution in [0.2, 0.25) is 0 Å². The van der Waals surface area contributed by atoms with Gasteiger partial charge in [0.05, 0.1) is 13.5 Å². The molecule has 1 fully saturated rings. The van der Waals surface area contributed by atoms with Crippen molar-refractivity contribution in [3.05, 3.63) is 29.8 Å². The third-order valence-electron chi connectivity index (χ3n) is 4.20. The summed E-state index contributed by atoms with van der Waals surface area (Å²) in [5, 5.41) is 0. The number of hydrogen-bond acceptors (Lipinski definition) is 4. The second kappa shape index (κ2) is 9.17. The number of methoxy groups -OCH3 is 1. The quantitative estimate of drug-likeness (QED) is 0.778. The number of carbonyl (C=O) groups excluding carboxylic acids is 1. The summed E-state index contributed by atoms with van der Waals surface area (Å²) in [5.41, 5.74) is 0.920. The first kappa shape index (κ1) is 19.7. The number of ether oxygens (including phenoxy) is 1. The van der Waals surface area contributed by atoms with E-state index in [-0.39, 0.29) is 5.91 Å². The van der Waals surface area contributed by atoms with Crippen molar-refractivity contribution in [2.24, 2.45) is 0 Å². The fraction of sp³-hybridized carbons (Fsp3) is 0.588. The van der Waals surface area contributed by atoms with Crippen LogP contribution in [-0.2, 0) is 21.4 Å². The summed E-state index contributed by atoms with van der Waals surface area (Å²) in [5.74, 6) is 0.775. The zero-order valence-electron chi connectivity index (χ0n) is 14.9. The average Bonchev–Trinajstić information content (AvgIpc) is 2.87. The summed E-state index contributed by atoms with van der Waals surface area (Å²) >= 11 is 0. The van der Waals surface area contributed by atoms with Gasteiger partial charge in [-0.15, -0.1) is 0 Å². The Morgan fingerprint density at radius 3 is 2.52 bits per heavy atom. The Balaban J connectivity index is 1.92. The molecule has 0 bridgehead atoms. The van der Waals surface area contributed by atoms with Gasteiger partial charge in [-0.2, -0.15) is 12.7 Å². The van der Waals surface area contributed by atoms with E-state index in [4.69, 9.17) is 4.74 Å². The smallest absolute Gasteiger partial charge is 0.279 e. The maximum atomic E-state index is 12.5. The topological polar surface area (TPSA) is 79.0 Å². The molecule has 1 aromatic carbocycles. The summed E-state index contributed by atoms with van der Waals surface area (Å²) in [7, 11) is -1.85. The molecule has 0 aromatic heterocycles. The second-order valence-electron chi connectivity index (χ2n) is 6.06. The van der Waals surface area contributed by atoms with Gasteiger partial charge >= 0.3 is 0 Å². The molecule has 0 radical (unpaired) electrons. The van der Waals surface area contributed by atoms with E-state index in [1.165, 1.54) is 4.31 Å². The highest BCUT2D eigenvalue weighted by molar-refractivity contribution is 7.87. The highest BCUT2D eigenvalue weighted by Gasteiger charge is 2.26. The molecule has 1 aromatic rings. The Morgan fingerprint density at radius 2 is 1.88 bits per heavy atom. The maximum Gasteiger partial charge on any atom is 0.279 e. The molecule has 1 N–H and O–H groups in total. The van der Waals surface area contributed by atoms with Crippen molar-refractivity contribution in [2.75, 3.05) is 39.8 Å². The third-order valence-corrected chi connectivity index (χ3v) is 5.81. The summed E-state index contributed by atoms with van der Waals surface area (Å²) < 4.78 is 33.6. The van der Waals surface area contributed by atoms with Gasteiger partial charge in [0.2, 0.25) is 5.91 Å². The number of amides is 1. The van der Waals surface area contributed by atoms with Gasteiger partial charge in [0.25, 0.3) is 10.2 Å². The Bertz CT molecular complexity index is 661. The molecule has 1 saturated heterocycles. The monoisotopic (exact) mass is 369 g/mol. The van der Waals surface area contributed by atoms with Crippen LogP contribution in [0.1, 0.15) is 25.3 Å². The maximum absolute atomic E-state index is 12.5. The van der Waals surface area contributed by atoms with E-state index in [9.17, 15) is 13.2 Å². The van der Waals surface area contributed by atoms with Gasteiger partial charge in [0, 0.05) is 32.7 Å². The van der Waals surface area contributed by atoms with E-state index >= 15 is 0 Å². The number of benzene rings is 1. The SMILES string of the molecule is CCCNS(=O)(=O)N1CCCN(C(=O)Cc2ccc(OC)cc2)CC1. The molecule has 7 nitrogen and oxygen atoms in total. The van der Waals surface area contributed by atoms with Gasteiger partial charge in [-0.3, -0.25) is 4.79 Å². The number of nitrogens with zero attached hydrogens (tertiary/aromatic N) is 2. The molecular weight excluding hydrogens is 342 g/mol. The lowest BCUT2D eigenvalue weighted by atomic mass is 10.1. The Hall–Kier alpha value is -1.64. The zero-order chi connectivity index (χ0) is 18.3. The van der Waals surface area contributed by atoms with Crippen LogP contribution in [0, 0.1) is 0 Å². The number of nitrogens with one attached hydrogen (secondary N) is 1. The summed E-state index contributed by atoms with van der Waals surface area (Å²) in [6.07, 6.45) is 1.70. The Morgan fingerprint density at radius 1 is 1.16 bits per heavy atom. The van der Waals surface area contributed by atoms with Gasteiger partial charge in [0.1, 0.15) is 5.75 Å². The molecule has 8 heteroatoms. The lowest BCUT2D eigenvalue weighted by molar-refractivity contribution is -0.130. The van der Waals surface area contributed by atoms with E-state index in [2.05, 4.69) is 4.72 Å². The van der Waals surface area contributed by atoms with Gasteiger partial charge < -0.3 is 9.64 Å². The second-order valence-corrected chi connectivity index (χ2v) is 7.81. The van der Waals surface area contributed by atoms with Crippen molar-refractivity contribution in [2.45, 2.75) is 26.2 Å². The van der Waals surface area contributed by atoms with Crippen molar-refractivity contribution in [1.29, 1.82) is 0 Å². The Kier molecular flexibility index (Phi) is 7.22. The van der Waals surface area contributed by atoms with E-state index in [0.717, 1.165) is 17.7 Å². The first-order valence-electron chi connectivity index (χ1n) is 8.61. The fourth-order valence-electron chi connectivity index (χ4n) is 2.74. The predicted octanol–water partition coefficient (Wildman–Crippen LogP) is 1.02. The molecule has 1 aliphatic rings. The first-order chi connectivity index (χ1) is 12.0. The molecule has 0 unspecified atom stereocenters. The van der Waals surface area contributed by atoms with Gasteiger partial charge in [-0.05, 0) is 30.5 Å². The molecular formula is C17H27N3O4S.